The zero-order chi connectivity index (χ0) is 15.8. The van der Waals surface area contributed by atoms with Crippen LogP contribution in [0.15, 0.2) is 18.2 Å². The molecule has 0 spiro atoms. The highest BCUT2D eigenvalue weighted by Crippen LogP contribution is 2.37. The normalized spacial score (nSPS) is 11.7. The van der Waals surface area contributed by atoms with Crippen molar-refractivity contribution in [3.05, 3.63) is 33.9 Å². The number of ketones is 1. The van der Waals surface area contributed by atoms with Gasteiger partial charge in [-0.15, -0.1) is 0 Å². The van der Waals surface area contributed by atoms with Gasteiger partial charge in [0.05, 0.1) is 10.0 Å². The highest BCUT2D eigenvalue weighted by molar-refractivity contribution is 6.39. The molecule has 2 rings (SSSR count). The number of ether oxygens (including phenoxy) is 1. The standard InChI is InChI=1S/C16H17Cl2NO2/c1-9-5-6-10-11(17)7-12(18)15(14(10)19-9)21-8-13(20)16(2,3)4/h5-7H,8H2,1-4H3. The van der Waals surface area contributed by atoms with Crippen LogP contribution in [0.2, 0.25) is 10.0 Å². The highest BCUT2D eigenvalue weighted by Gasteiger charge is 2.23. The topological polar surface area (TPSA) is 39.2 Å². The first kappa shape index (κ1) is 16.1. The maximum atomic E-state index is 12.0. The first-order valence-electron chi connectivity index (χ1n) is 6.61. The minimum Gasteiger partial charge on any atom is -0.482 e. The molecule has 0 aliphatic heterocycles. The van der Waals surface area contributed by atoms with Crippen LogP contribution in [0.25, 0.3) is 10.9 Å². The van der Waals surface area contributed by atoms with Crippen molar-refractivity contribution in [2.24, 2.45) is 5.41 Å². The van der Waals surface area contributed by atoms with E-state index in [1.165, 1.54) is 0 Å². The molecule has 21 heavy (non-hydrogen) atoms. The quantitative estimate of drug-likeness (QED) is 0.810. The van der Waals surface area contributed by atoms with Crippen LogP contribution >= 0.6 is 23.2 Å². The first-order valence-corrected chi connectivity index (χ1v) is 7.37. The lowest BCUT2D eigenvalue weighted by Gasteiger charge is -2.18. The summed E-state index contributed by atoms with van der Waals surface area (Å²) in [5.41, 5.74) is 0.944. The van der Waals surface area contributed by atoms with Crippen molar-refractivity contribution in [1.82, 2.24) is 4.98 Å². The number of nitrogens with zero attached hydrogens (tertiary/aromatic N) is 1. The van der Waals surface area contributed by atoms with Gasteiger partial charge >= 0.3 is 0 Å². The van der Waals surface area contributed by atoms with E-state index < -0.39 is 5.41 Å². The van der Waals surface area contributed by atoms with E-state index in [0.29, 0.717) is 21.3 Å². The molecule has 0 aliphatic rings. The average molecular weight is 326 g/mol. The van der Waals surface area contributed by atoms with Crippen molar-refractivity contribution in [2.75, 3.05) is 6.61 Å². The molecule has 0 atom stereocenters. The second-order valence-corrected chi connectivity index (χ2v) is 6.79. The average Bonchev–Trinajstić information content (AvgIpc) is 2.36. The number of fused-ring (bicyclic) bond motifs is 1. The number of carbonyl (C=O) groups excluding carboxylic acids is 1. The first-order chi connectivity index (χ1) is 9.70. The number of carbonyl (C=O) groups is 1. The monoisotopic (exact) mass is 325 g/mol. The Labute approximate surface area is 134 Å². The summed E-state index contributed by atoms with van der Waals surface area (Å²) in [5.74, 6) is 0.395. The third-order valence-corrected chi connectivity index (χ3v) is 3.75. The predicted molar refractivity (Wildman–Crippen MR) is 86.5 cm³/mol. The molecular weight excluding hydrogens is 309 g/mol. The summed E-state index contributed by atoms with van der Waals surface area (Å²) in [5, 5.41) is 1.62. The van der Waals surface area contributed by atoms with Gasteiger partial charge in [0.1, 0.15) is 12.1 Å². The van der Waals surface area contributed by atoms with Crippen molar-refractivity contribution in [3.8, 4) is 5.75 Å². The summed E-state index contributed by atoms with van der Waals surface area (Å²) in [6, 6.07) is 5.35. The van der Waals surface area contributed by atoms with Gasteiger partial charge in [-0.1, -0.05) is 44.0 Å². The Morgan fingerprint density at radius 2 is 1.90 bits per heavy atom. The Bertz CT molecular complexity index is 705. The lowest BCUT2D eigenvalue weighted by molar-refractivity contribution is -0.128. The molecule has 0 N–H and O–H groups in total. The van der Waals surface area contributed by atoms with E-state index in [2.05, 4.69) is 4.98 Å². The molecule has 5 heteroatoms. The maximum Gasteiger partial charge on any atom is 0.175 e. The Balaban J connectivity index is 2.44. The fourth-order valence-electron chi connectivity index (χ4n) is 1.78. The van der Waals surface area contributed by atoms with E-state index in [9.17, 15) is 4.79 Å². The van der Waals surface area contributed by atoms with Crippen molar-refractivity contribution in [1.29, 1.82) is 0 Å². The number of Topliss-reactive ketones (excluding diaryl/α,β-unsaturated/α-hetero) is 1. The molecular formula is C16H17Cl2NO2. The SMILES string of the molecule is Cc1ccc2c(Cl)cc(Cl)c(OCC(=O)C(C)(C)C)c2n1. The molecule has 1 aromatic heterocycles. The van der Waals surface area contributed by atoms with Crippen molar-refractivity contribution in [2.45, 2.75) is 27.7 Å². The van der Waals surface area contributed by atoms with Crippen LogP contribution < -0.4 is 4.74 Å². The smallest absolute Gasteiger partial charge is 0.175 e. The van der Waals surface area contributed by atoms with E-state index in [1.807, 2.05) is 39.8 Å². The summed E-state index contributed by atoms with van der Waals surface area (Å²) in [6.07, 6.45) is 0. The van der Waals surface area contributed by atoms with Gasteiger partial charge in [0, 0.05) is 16.5 Å². The number of aromatic nitrogens is 1. The maximum absolute atomic E-state index is 12.0. The summed E-state index contributed by atoms with van der Waals surface area (Å²) >= 11 is 12.4. The van der Waals surface area contributed by atoms with Gasteiger partial charge < -0.3 is 4.74 Å². The van der Waals surface area contributed by atoms with Crippen LogP contribution in [0.4, 0.5) is 0 Å². The molecule has 0 amide bonds. The van der Waals surface area contributed by atoms with Crippen molar-refractivity contribution in [3.63, 3.8) is 0 Å². The van der Waals surface area contributed by atoms with Gasteiger partial charge in [0.15, 0.2) is 11.5 Å². The lowest BCUT2D eigenvalue weighted by atomic mass is 9.91. The summed E-state index contributed by atoms with van der Waals surface area (Å²) in [4.78, 5) is 16.4. The number of hydrogen-bond donors (Lipinski definition) is 0. The second kappa shape index (κ2) is 5.82. The zero-order valence-corrected chi connectivity index (χ0v) is 14.0. The number of pyridine rings is 1. The Morgan fingerprint density at radius 3 is 2.52 bits per heavy atom. The fourth-order valence-corrected chi connectivity index (χ4v) is 2.35. The third kappa shape index (κ3) is 3.47. The van der Waals surface area contributed by atoms with Crippen LogP contribution in [0, 0.1) is 12.3 Å². The number of halogens is 2. The Morgan fingerprint density at radius 1 is 1.24 bits per heavy atom. The molecule has 0 saturated carbocycles. The van der Waals surface area contributed by atoms with E-state index in [-0.39, 0.29) is 12.4 Å². The number of benzene rings is 1. The number of hydrogen-bond acceptors (Lipinski definition) is 3. The molecule has 0 radical (unpaired) electrons. The number of aryl methyl sites for hydroxylation is 1. The largest absolute Gasteiger partial charge is 0.482 e. The van der Waals surface area contributed by atoms with Crippen molar-refractivity contribution < 1.29 is 9.53 Å². The summed E-state index contributed by atoms with van der Waals surface area (Å²) in [7, 11) is 0. The summed E-state index contributed by atoms with van der Waals surface area (Å²) in [6.45, 7) is 7.38. The molecule has 0 unspecified atom stereocenters. The molecule has 0 fully saturated rings. The minimum absolute atomic E-state index is 0.00526. The van der Waals surface area contributed by atoms with Crippen LogP contribution in [0.3, 0.4) is 0 Å². The van der Waals surface area contributed by atoms with E-state index in [1.54, 1.807) is 6.07 Å². The second-order valence-electron chi connectivity index (χ2n) is 5.98. The van der Waals surface area contributed by atoms with Crippen molar-refractivity contribution >= 4 is 39.9 Å². The van der Waals surface area contributed by atoms with E-state index in [4.69, 9.17) is 27.9 Å². The number of rotatable bonds is 3. The van der Waals surface area contributed by atoms with E-state index >= 15 is 0 Å². The van der Waals surface area contributed by atoms with Gasteiger partial charge in [-0.05, 0) is 25.1 Å². The van der Waals surface area contributed by atoms with Crippen LogP contribution in [-0.4, -0.2) is 17.4 Å². The Hall–Kier alpha value is -1.32. The molecule has 0 bridgehead atoms. The lowest BCUT2D eigenvalue weighted by Crippen LogP contribution is -2.26. The van der Waals surface area contributed by atoms with E-state index in [0.717, 1.165) is 11.1 Å². The fraction of sp³-hybridized carbons (Fsp3) is 0.375. The minimum atomic E-state index is -0.460. The van der Waals surface area contributed by atoms with Crippen LogP contribution in [0.1, 0.15) is 26.5 Å². The molecule has 112 valence electrons. The molecule has 0 saturated heterocycles. The third-order valence-electron chi connectivity index (χ3n) is 3.16. The van der Waals surface area contributed by atoms with Crippen LogP contribution in [0.5, 0.6) is 5.75 Å². The van der Waals surface area contributed by atoms with Crippen LogP contribution in [-0.2, 0) is 4.79 Å². The molecule has 1 heterocycles. The van der Waals surface area contributed by atoms with Gasteiger partial charge in [-0.25, -0.2) is 4.98 Å². The zero-order valence-electron chi connectivity index (χ0n) is 12.5. The molecule has 1 aromatic carbocycles. The van der Waals surface area contributed by atoms with Gasteiger partial charge in [0.2, 0.25) is 0 Å². The summed E-state index contributed by atoms with van der Waals surface area (Å²) < 4.78 is 5.65. The predicted octanol–water partition coefficient (Wildman–Crippen LogP) is 4.84. The highest BCUT2D eigenvalue weighted by atomic mass is 35.5. The molecule has 3 nitrogen and oxygen atoms in total. The molecule has 2 aromatic rings. The van der Waals surface area contributed by atoms with Gasteiger partial charge in [-0.2, -0.15) is 0 Å². The Kier molecular flexibility index (Phi) is 4.45. The van der Waals surface area contributed by atoms with Gasteiger partial charge in [-0.3, -0.25) is 4.79 Å². The molecule has 0 aliphatic carbocycles. The van der Waals surface area contributed by atoms with Gasteiger partial charge in [0.25, 0.3) is 0 Å².